The number of amides is 1. The molecule has 0 spiro atoms. The Hall–Kier alpha value is -2.99. The van der Waals surface area contributed by atoms with E-state index in [1.807, 2.05) is 30.3 Å². The van der Waals surface area contributed by atoms with Crippen LogP contribution in [0.4, 0.5) is 0 Å². The summed E-state index contributed by atoms with van der Waals surface area (Å²) in [6.07, 6.45) is 0. The first-order chi connectivity index (χ1) is 12.2. The molecule has 2 heterocycles. The Morgan fingerprint density at radius 1 is 1.12 bits per heavy atom. The summed E-state index contributed by atoms with van der Waals surface area (Å²) in [6, 6.07) is 17.4. The molecule has 0 fully saturated rings. The van der Waals surface area contributed by atoms with Crippen molar-refractivity contribution < 1.29 is 4.79 Å². The summed E-state index contributed by atoms with van der Waals surface area (Å²) in [6.45, 7) is 2.45. The minimum absolute atomic E-state index is 0.112. The van der Waals surface area contributed by atoms with E-state index in [4.69, 9.17) is 0 Å². The van der Waals surface area contributed by atoms with Gasteiger partial charge < -0.3 is 10.3 Å². The summed E-state index contributed by atoms with van der Waals surface area (Å²) < 4.78 is 0. The highest BCUT2D eigenvalue weighted by Crippen LogP contribution is 2.28. The molecule has 0 aliphatic rings. The van der Waals surface area contributed by atoms with Crippen LogP contribution in [0.1, 0.15) is 20.9 Å². The number of hydrogen-bond acceptors (Lipinski definition) is 4. The Morgan fingerprint density at radius 2 is 1.96 bits per heavy atom. The standard InChI is InChI=1S/C19H16N4OS/c1-12-6-5-9-15-14(12)10-16(21-15)19-23-22-17(25-19)11-20-18(24)13-7-3-2-4-8-13/h2-10,21H,11H2,1H3,(H,20,24). The van der Waals surface area contributed by atoms with Crippen LogP contribution in [0.3, 0.4) is 0 Å². The Bertz CT molecular complexity index is 1040. The van der Waals surface area contributed by atoms with Crippen LogP contribution in [0.25, 0.3) is 21.6 Å². The van der Waals surface area contributed by atoms with E-state index >= 15 is 0 Å². The van der Waals surface area contributed by atoms with E-state index < -0.39 is 0 Å². The van der Waals surface area contributed by atoms with Crippen molar-refractivity contribution in [2.45, 2.75) is 13.5 Å². The van der Waals surface area contributed by atoms with E-state index in [-0.39, 0.29) is 5.91 Å². The summed E-state index contributed by atoms with van der Waals surface area (Å²) in [5.41, 5.74) is 3.89. The van der Waals surface area contributed by atoms with Crippen molar-refractivity contribution in [3.8, 4) is 10.7 Å². The normalized spacial score (nSPS) is 10.9. The molecule has 5 nitrogen and oxygen atoms in total. The van der Waals surface area contributed by atoms with Crippen molar-refractivity contribution in [2.24, 2.45) is 0 Å². The van der Waals surface area contributed by atoms with E-state index in [9.17, 15) is 4.79 Å². The minimum Gasteiger partial charge on any atom is -0.353 e. The first-order valence-electron chi connectivity index (χ1n) is 7.95. The zero-order valence-corrected chi connectivity index (χ0v) is 14.4. The number of aromatic amines is 1. The van der Waals surface area contributed by atoms with Gasteiger partial charge in [0.15, 0.2) is 5.01 Å². The molecule has 2 aromatic carbocycles. The van der Waals surface area contributed by atoms with Gasteiger partial charge in [0.25, 0.3) is 5.91 Å². The maximum Gasteiger partial charge on any atom is 0.251 e. The third-order valence-electron chi connectivity index (χ3n) is 4.02. The lowest BCUT2D eigenvalue weighted by Crippen LogP contribution is -2.22. The number of hydrogen-bond donors (Lipinski definition) is 2. The molecule has 0 radical (unpaired) electrons. The second-order valence-electron chi connectivity index (χ2n) is 5.77. The van der Waals surface area contributed by atoms with Crippen molar-refractivity contribution in [1.29, 1.82) is 0 Å². The number of aryl methyl sites for hydroxylation is 1. The van der Waals surface area contributed by atoms with Gasteiger partial charge in [-0.1, -0.05) is 41.7 Å². The topological polar surface area (TPSA) is 70.7 Å². The number of H-pyrrole nitrogens is 1. The summed E-state index contributed by atoms with van der Waals surface area (Å²) >= 11 is 1.48. The zero-order valence-electron chi connectivity index (χ0n) is 13.6. The lowest BCUT2D eigenvalue weighted by atomic mass is 10.1. The molecule has 1 amide bonds. The molecule has 0 unspecified atom stereocenters. The summed E-state index contributed by atoms with van der Waals surface area (Å²) in [4.78, 5) is 15.5. The molecule has 2 N–H and O–H groups in total. The fourth-order valence-corrected chi connectivity index (χ4v) is 3.45. The van der Waals surface area contributed by atoms with Crippen LogP contribution >= 0.6 is 11.3 Å². The third-order valence-corrected chi connectivity index (χ3v) is 4.97. The Kier molecular flexibility index (Phi) is 4.03. The number of nitrogens with zero attached hydrogens (tertiary/aromatic N) is 2. The second kappa shape index (κ2) is 6.49. The second-order valence-corrected chi connectivity index (χ2v) is 6.83. The average molecular weight is 348 g/mol. The maximum absolute atomic E-state index is 12.1. The van der Waals surface area contributed by atoms with E-state index in [0.29, 0.717) is 12.1 Å². The molecule has 0 aliphatic carbocycles. The van der Waals surface area contributed by atoms with Gasteiger partial charge in [-0.15, -0.1) is 10.2 Å². The lowest BCUT2D eigenvalue weighted by molar-refractivity contribution is 0.0951. The molecule has 124 valence electrons. The predicted molar refractivity (Wildman–Crippen MR) is 99.6 cm³/mol. The van der Waals surface area contributed by atoms with Gasteiger partial charge in [0.2, 0.25) is 0 Å². The van der Waals surface area contributed by atoms with Crippen LogP contribution in [0.15, 0.2) is 54.6 Å². The highest BCUT2D eigenvalue weighted by atomic mass is 32.1. The predicted octanol–water partition coefficient (Wildman–Crippen LogP) is 3.92. The van der Waals surface area contributed by atoms with E-state index in [1.165, 1.54) is 22.3 Å². The monoisotopic (exact) mass is 348 g/mol. The van der Waals surface area contributed by atoms with Crippen molar-refractivity contribution in [1.82, 2.24) is 20.5 Å². The van der Waals surface area contributed by atoms with Crippen molar-refractivity contribution in [3.63, 3.8) is 0 Å². The molecule has 6 heteroatoms. The highest BCUT2D eigenvalue weighted by molar-refractivity contribution is 7.14. The molecular formula is C19H16N4OS. The Balaban J connectivity index is 1.50. The lowest BCUT2D eigenvalue weighted by Gasteiger charge is -2.01. The summed E-state index contributed by atoms with van der Waals surface area (Å²) in [5.74, 6) is -0.112. The van der Waals surface area contributed by atoms with E-state index in [2.05, 4.69) is 39.6 Å². The summed E-state index contributed by atoms with van der Waals surface area (Å²) in [5, 5.41) is 14.1. The number of nitrogens with one attached hydrogen (secondary N) is 2. The first-order valence-corrected chi connectivity index (χ1v) is 8.77. The van der Waals surface area contributed by atoms with Crippen molar-refractivity contribution in [2.75, 3.05) is 0 Å². The highest BCUT2D eigenvalue weighted by Gasteiger charge is 2.12. The molecule has 4 aromatic rings. The minimum atomic E-state index is -0.112. The van der Waals surface area contributed by atoms with Crippen molar-refractivity contribution >= 4 is 28.1 Å². The Morgan fingerprint density at radius 3 is 2.76 bits per heavy atom. The molecule has 0 saturated heterocycles. The van der Waals surface area contributed by atoms with E-state index in [1.54, 1.807) is 12.1 Å². The van der Waals surface area contributed by atoms with Crippen LogP contribution in [-0.2, 0) is 6.54 Å². The molecule has 2 aromatic heterocycles. The summed E-state index contributed by atoms with van der Waals surface area (Å²) in [7, 11) is 0. The fourth-order valence-electron chi connectivity index (χ4n) is 2.70. The molecule has 0 aliphatic heterocycles. The number of benzene rings is 2. The number of rotatable bonds is 4. The van der Waals surface area contributed by atoms with Gasteiger partial charge >= 0.3 is 0 Å². The van der Waals surface area contributed by atoms with Gasteiger partial charge in [-0.3, -0.25) is 4.79 Å². The van der Waals surface area contributed by atoms with Gasteiger partial charge in [-0.05, 0) is 36.8 Å². The van der Waals surface area contributed by atoms with Crippen LogP contribution in [-0.4, -0.2) is 21.1 Å². The molecular weight excluding hydrogens is 332 g/mol. The molecule has 0 bridgehead atoms. The van der Waals surface area contributed by atoms with Gasteiger partial charge in [-0.2, -0.15) is 0 Å². The first kappa shape index (κ1) is 15.5. The van der Waals surface area contributed by atoms with Gasteiger partial charge in [0.05, 0.1) is 12.2 Å². The van der Waals surface area contributed by atoms with Crippen LogP contribution in [0.2, 0.25) is 0 Å². The number of carbonyl (C=O) groups is 1. The number of fused-ring (bicyclic) bond motifs is 1. The Labute approximate surface area is 148 Å². The van der Waals surface area contributed by atoms with Crippen LogP contribution < -0.4 is 5.32 Å². The molecule has 4 rings (SSSR count). The van der Waals surface area contributed by atoms with Gasteiger partial charge in [0.1, 0.15) is 5.01 Å². The van der Waals surface area contributed by atoms with E-state index in [0.717, 1.165) is 21.2 Å². The van der Waals surface area contributed by atoms with Gasteiger partial charge in [-0.25, -0.2) is 0 Å². The SMILES string of the molecule is Cc1cccc2[nH]c(-c3nnc(CNC(=O)c4ccccc4)s3)cc12. The van der Waals surface area contributed by atoms with Crippen LogP contribution in [0, 0.1) is 6.92 Å². The largest absolute Gasteiger partial charge is 0.353 e. The molecule has 0 saturated carbocycles. The average Bonchev–Trinajstić information content (AvgIpc) is 3.28. The molecule has 0 atom stereocenters. The zero-order chi connectivity index (χ0) is 17.2. The smallest absolute Gasteiger partial charge is 0.251 e. The third kappa shape index (κ3) is 3.16. The number of aromatic nitrogens is 3. The number of carbonyl (C=O) groups excluding carboxylic acids is 1. The quantitative estimate of drug-likeness (QED) is 0.587. The van der Waals surface area contributed by atoms with Crippen LogP contribution in [0.5, 0.6) is 0 Å². The fraction of sp³-hybridized carbons (Fsp3) is 0.105. The maximum atomic E-state index is 12.1. The van der Waals surface area contributed by atoms with Gasteiger partial charge in [0, 0.05) is 16.5 Å². The van der Waals surface area contributed by atoms with Crippen molar-refractivity contribution in [3.05, 3.63) is 70.7 Å². The molecule has 25 heavy (non-hydrogen) atoms.